The maximum Gasteiger partial charge on any atom is 0.185 e. The molecule has 0 bridgehead atoms. The molecule has 0 heterocycles. The number of rotatable bonds is 3. The summed E-state index contributed by atoms with van der Waals surface area (Å²) in [5.41, 5.74) is 0.743. The number of halogens is 1. The highest BCUT2D eigenvalue weighted by molar-refractivity contribution is 8.13. The van der Waals surface area contributed by atoms with Crippen molar-refractivity contribution in [3.8, 4) is 11.8 Å². The second kappa shape index (κ2) is 6.87. The van der Waals surface area contributed by atoms with Crippen molar-refractivity contribution < 1.29 is 14.0 Å². The van der Waals surface area contributed by atoms with Gasteiger partial charge in [-0.15, -0.1) is 0 Å². The summed E-state index contributed by atoms with van der Waals surface area (Å²) in [6, 6.07) is 3.96. The lowest BCUT2D eigenvalue weighted by atomic mass is 10.1. The van der Waals surface area contributed by atoms with E-state index >= 15 is 0 Å². The summed E-state index contributed by atoms with van der Waals surface area (Å²) < 4.78 is 13.0. The smallest absolute Gasteiger partial charge is 0.185 e. The van der Waals surface area contributed by atoms with Crippen molar-refractivity contribution in [1.82, 2.24) is 0 Å². The average Bonchev–Trinajstić information content (AvgIpc) is 2.27. The van der Waals surface area contributed by atoms with Gasteiger partial charge in [0.1, 0.15) is 12.1 Å². The van der Waals surface area contributed by atoms with Gasteiger partial charge < -0.3 is 0 Å². The highest BCUT2D eigenvalue weighted by atomic mass is 32.2. The van der Waals surface area contributed by atoms with Gasteiger partial charge in [-0.1, -0.05) is 23.6 Å². The van der Waals surface area contributed by atoms with Gasteiger partial charge in [0.05, 0.1) is 0 Å². The van der Waals surface area contributed by atoms with Crippen LogP contribution in [0.4, 0.5) is 4.39 Å². The first-order valence-corrected chi connectivity index (χ1v) is 5.98. The summed E-state index contributed by atoms with van der Waals surface area (Å²) in [7, 11) is 0. The van der Waals surface area contributed by atoms with E-state index in [1.54, 1.807) is 0 Å². The van der Waals surface area contributed by atoms with E-state index in [0.29, 0.717) is 24.0 Å². The fraction of sp³-hybridized carbons (Fsp3) is 0.231. The molecular formula is C13H11FO2S. The molecular weight excluding hydrogens is 239 g/mol. The van der Waals surface area contributed by atoms with Crippen molar-refractivity contribution in [2.24, 2.45) is 0 Å². The third-order valence-electron chi connectivity index (χ3n) is 1.82. The number of carbonyl (C=O) groups is 2. The molecule has 17 heavy (non-hydrogen) atoms. The van der Waals surface area contributed by atoms with Crippen LogP contribution in [0.25, 0.3) is 0 Å². The molecule has 0 aliphatic heterocycles. The van der Waals surface area contributed by atoms with Crippen LogP contribution >= 0.6 is 11.8 Å². The van der Waals surface area contributed by atoms with E-state index in [-0.39, 0.29) is 10.7 Å². The first-order valence-electron chi connectivity index (χ1n) is 5.00. The predicted molar refractivity (Wildman–Crippen MR) is 66.4 cm³/mol. The summed E-state index contributed by atoms with van der Waals surface area (Å²) >= 11 is 1.21. The van der Waals surface area contributed by atoms with Gasteiger partial charge in [-0.25, -0.2) is 4.39 Å². The molecule has 0 saturated carbocycles. The van der Waals surface area contributed by atoms with Crippen LogP contribution in [0.1, 0.15) is 29.3 Å². The summed E-state index contributed by atoms with van der Waals surface area (Å²) in [4.78, 5) is 21.1. The standard InChI is InChI=1S/C13H11FO2S/c1-10(16)17-5-3-2-4-11-6-12(9-15)8-13(14)7-11/h6-9H,3,5H2,1H3. The molecule has 1 aromatic rings. The van der Waals surface area contributed by atoms with Gasteiger partial charge in [-0.3, -0.25) is 9.59 Å². The van der Waals surface area contributed by atoms with Crippen LogP contribution in [0.3, 0.4) is 0 Å². The zero-order valence-corrected chi connectivity index (χ0v) is 10.1. The van der Waals surface area contributed by atoms with E-state index < -0.39 is 5.82 Å². The molecule has 4 heteroatoms. The number of thioether (sulfide) groups is 1. The Labute approximate surface area is 104 Å². The largest absolute Gasteiger partial charge is 0.298 e. The zero-order chi connectivity index (χ0) is 12.7. The molecule has 0 N–H and O–H groups in total. The molecule has 88 valence electrons. The summed E-state index contributed by atoms with van der Waals surface area (Å²) in [5.74, 6) is 5.74. The van der Waals surface area contributed by atoms with E-state index in [9.17, 15) is 14.0 Å². The molecule has 0 aliphatic rings. The third kappa shape index (κ3) is 5.32. The Balaban J connectivity index is 2.62. The molecule has 1 aromatic carbocycles. The summed E-state index contributed by atoms with van der Waals surface area (Å²) in [5, 5.41) is 0.0563. The van der Waals surface area contributed by atoms with Crippen molar-refractivity contribution in [3.05, 3.63) is 35.1 Å². The monoisotopic (exact) mass is 250 g/mol. The summed E-state index contributed by atoms with van der Waals surface area (Å²) in [6.45, 7) is 1.50. The third-order valence-corrected chi connectivity index (χ3v) is 2.64. The molecule has 0 amide bonds. The van der Waals surface area contributed by atoms with Gasteiger partial charge in [-0.05, 0) is 18.2 Å². The second-order valence-electron chi connectivity index (χ2n) is 3.28. The van der Waals surface area contributed by atoms with Crippen molar-refractivity contribution >= 4 is 23.2 Å². The lowest BCUT2D eigenvalue weighted by Crippen LogP contribution is -1.86. The molecule has 0 aromatic heterocycles. The second-order valence-corrected chi connectivity index (χ2v) is 4.55. The predicted octanol–water partition coefficient (Wildman–Crippen LogP) is 2.66. The maximum atomic E-state index is 13.0. The van der Waals surface area contributed by atoms with Crippen LogP contribution < -0.4 is 0 Å². The molecule has 0 fully saturated rings. The van der Waals surface area contributed by atoms with E-state index in [0.717, 1.165) is 6.07 Å². The lowest BCUT2D eigenvalue weighted by Gasteiger charge is -1.94. The Morgan fingerprint density at radius 2 is 2.24 bits per heavy atom. The highest BCUT2D eigenvalue weighted by Gasteiger charge is 1.97. The molecule has 0 saturated heterocycles. The van der Waals surface area contributed by atoms with Gasteiger partial charge >= 0.3 is 0 Å². The first kappa shape index (κ1) is 13.5. The fourth-order valence-corrected chi connectivity index (χ4v) is 1.65. The van der Waals surface area contributed by atoms with Crippen LogP contribution in [0.2, 0.25) is 0 Å². The number of hydrogen-bond acceptors (Lipinski definition) is 3. The van der Waals surface area contributed by atoms with E-state index in [1.807, 2.05) is 0 Å². The maximum absolute atomic E-state index is 13.0. The Morgan fingerprint density at radius 3 is 2.88 bits per heavy atom. The molecule has 0 radical (unpaired) electrons. The average molecular weight is 250 g/mol. The minimum Gasteiger partial charge on any atom is -0.298 e. The lowest BCUT2D eigenvalue weighted by molar-refractivity contribution is -0.109. The zero-order valence-electron chi connectivity index (χ0n) is 9.33. The van der Waals surface area contributed by atoms with Gasteiger partial charge in [0, 0.05) is 30.2 Å². The van der Waals surface area contributed by atoms with Crippen LogP contribution in [-0.4, -0.2) is 17.2 Å². The Kier molecular flexibility index (Phi) is 5.44. The topological polar surface area (TPSA) is 34.1 Å². The van der Waals surface area contributed by atoms with Crippen molar-refractivity contribution in [3.63, 3.8) is 0 Å². The Hall–Kier alpha value is -1.60. The van der Waals surface area contributed by atoms with Gasteiger partial charge in [0.25, 0.3) is 0 Å². The van der Waals surface area contributed by atoms with Crippen LogP contribution in [-0.2, 0) is 4.79 Å². The van der Waals surface area contributed by atoms with Gasteiger partial charge in [0.2, 0.25) is 0 Å². The normalized spacial score (nSPS) is 9.29. The number of aldehydes is 1. The Bertz CT molecular complexity index is 486. The van der Waals surface area contributed by atoms with Crippen LogP contribution in [0.5, 0.6) is 0 Å². The van der Waals surface area contributed by atoms with Gasteiger partial charge in [-0.2, -0.15) is 0 Å². The Morgan fingerprint density at radius 1 is 1.47 bits per heavy atom. The van der Waals surface area contributed by atoms with E-state index in [2.05, 4.69) is 11.8 Å². The van der Waals surface area contributed by atoms with Crippen molar-refractivity contribution in [2.75, 3.05) is 5.75 Å². The highest BCUT2D eigenvalue weighted by Crippen LogP contribution is 2.07. The summed E-state index contributed by atoms with van der Waals surface area (Å²) in [6.07, 6.45) is 1.14. The molecule has 0 spiro atoms. The number of carbonyl (C=O) groups excluding carboxylic acids is 2. The number of benzene rings is 1. The minimum absolute atomic E-state index is 0.0563. The molecule has 2 nitrogen and oxygen atoms in total. The van der Waals surface area contributed by atoms with Crippen LogP contribution in [0, 0.1) is 17.7 Å². The van der Waals surface area contributed by atoms with Crippen LogP contribution in [0.15, 0.2) is 18.2 Å². The van der Waals surface area contributed by atoms with Crippen molar-refractivity contribution in [1.29, 1.82) is 0 Å². The molecule has 0 unspecified atom stereocenters. The fourth-order valence-electron chi connectivity index (χ4n) is 1.16. The van der Waals surface area contributed by atoms with E-state index in [4.69, 9.17) is 0 Å². The minimum atomic E-state index is -0.475. The first-order chi connectivity index (χ1) is 8.11. The molecule has 0 aliphatic carbocycles. The SMILES string of the molecule is CC(=O)SCCC#Cc1cc(F)cc(C=O)c1. The van der Waals surface area contributed by atoms with Gasteiger partial charge in [0.15, 0.2) is 5.12 Å². The molecule has 1 rings (SSSR count). The van der Waals surface area contributed by atoms with Crippen molar-refractivity contribution in [2.45, 2.75) is 13.3 Å². The van der Waals surface area contributed by atoms with E-state index in [1.165, 1.54) is 30.8 Å². The molecule has 0 atom stereocenters. The number of hydrogen-bond donors (Lipinski definition) is 0. The quantitative estimate of drug-likeness (QED) is 0.470.